The van der Waals surface area contributed by atoms with E-state index >= 15 is 0 Å². The summed E-state index contributed by atoms with van der Waals surface area (Å²) in [6, 6.07) is 16.2. The average Bonchev–Trinajstić information content (AvgIpc) is 2.94. The molecule has 6 heteroatoms. The molecule has 0 bridgehead atoms. The number of nitrogens with one attached hydrogen (secondary N) is 1. The first-order valence-electron chi connectivity index (χ1n) is 8.31. The smallest absolute Gasteiger partial charge is 0.312 e. The summed E-state index contributed by atoms with van der Waals surface area (Å²) in [6.45, 7) is 3.77. The van der Waals surface area contributed by atoms with Crippen molar-refractivity contribution in [1.82, 2.24) is 9.94 Å². The Morgan fingerprint density at radius 3 is 2.58 bits per heavy atom. The van der Waals surface area contributed by atoms with E-state index in [0.717, 1.165) is 22.5 Å². The van der Waals surface area contributed by atoms with Crippen molar-refractivity contribution in [3.63, 3.8) is 0 Å². The molecule has 0 saturated heterocycles. The van der Waals surface area contributed by atoms with Crippen LogP contribution in [0, 0.1) is 6.92 Å². The largest absolute Gasteiger partial charge is 0.365 e. The first-order chi connectivity index (χ1) is 12.6. The van der Waals surface area contributed by atoms with Gasteiger partial charge in [-0.25, -0.2) is 4.79 Å². The van der Waals surface area contributed by atoms with Crippen LogP contribution in [0.3, 0.4) is 0 Å². The molecule has 0 fully saturated rings. The van der Waals surface area contributed by atoms with E-state index in [-0.39, 0.29) is 0 Å². The predicted molar refractivity (Wildman–Crippen MR) is 100 cm³/mol. The predicted octanol–water partition coefficient (Wildman–Crippen LogP) is 3.07. The number of benzene rings is 2. The third-order valence-corrected chi connectivity index (χ3v) is 3.98. The average molecular weight is 349 g/mol. The lowest BCUT2D eigenvalue weighted by Gasteiger charge is -2.02. The summed E-state index contributed by atoms with van der Waals surface area (Å²) in [7, 11) is 0. The van der Waals surface area contributed by atoms with Crippen LogP contribution in [0.2, 0.25) is 0 Å². The lowest BCUT2D eigenvalue weighted by atomic mass is 10.1. The van der Waals surface area contributed by atoms with Crippen molar-refractivity contribution >= 4 is 17.9 Å². The molecule has 0 aliphatic rings. The number of aliphatic imine (C=N–C) groups is 1. The molecule has 0 unspecified atom stereocenters. The highest BCUT2D eigenvalue weighted by Gasteiger charge is 2.14. The second kappa shape index (κ2) is 7.65. The number of H-pyrrole nitrogens is 1. The number of nitrogens with zero attached hydrogens (tertiary/aromatic N) is 2. The lowest BCUT2D eigenvalue weighted by Crippen LogP contribution is -2.30. The van der Waals surface area contributed by atoms with Crippen molar-refractivity contribution in [2.24, 2.45) is 4.99 Å². The van der Waals surface area contributed by atoms with Crippen LogP contribution in [-0.4, -0.2) is 22.1 Å². The van der Waals surface area contributed by atoms with E-state index in [4.69, 9.17) is 4.84 Å². The van der Waals surface area contributed by atoms with Crippen molar-refractivity contribution in [2.75, 3.05) is 0 Å². The summed E-state index contributed by atoms with van der Waals surface area (Å²) in [5.74, 6) is -0.617. The minimum Gasteiger partial charge on any atom is -0.312 e. The van der Waals surface area contributed by atoms with Gasteiger partial charge in [-0.2, -0.15) is 0 Å². The van der Waals surface area contributed by atoms with Crippen LogP contribution in [0.25, 0.3) is 0 Å². The van der Waals surface area contributed by atoms with Crippen LogP contribution in [0.5, 0.6) is 0 Å². The molecule has 0 radical (unpaired) electrons. The Bertz CT molecular complexity index is 1000. The Morgan fingerprint density at radius 1 is 1.15 bits per heavy atom. The summed E-state index contributed by atoms with van der Waals surface area (Å²) in [5.41, 5.74) is 2.70. The molecule has 132 valence electrons. The Labute approximate surface area is 150 Å². The van der Waals surface area contributed by atoms with Gasteiger partial charge < -0.3 is 4.84 Å². The van der Waals surface area contributed by atoms with Crippen LogP contribution in [0.15, 0.2) is 64.4 Å². The van der Waals surface area contributed by atoms with Crippen molar-refractivity contribution in [1.29, 1.82) is 0 Å². The fourth-order valence-corrected chi connectivity index (χ4v) is 2.53. The maximum absolute atomic E-state index is 12.5. The Morgan fingerprint density at radius 2 is 1.85 bits per heavy atom. The standard InChI is InChI=1S/C20H19N3O3/c1-3-15-9-7-8-12-18(15)21-13-17-14(2)22-23(19(17)24)26-20(25)16-10-5-4-6-11-16/h4-13,22H,3H2,1-2H3. The molecule has 0 aliphatic heterocycles. The van der Waals surface area contributed by atoms with Gasteiger partial charge in [0, 0.05) is 11.9 Å². The molecule has 0 aliphatic carbocycles. The van der Waals surface area contributed by atoms with E-state index < -0.39 is 11.5 Å². The Balaban J connectivity index is 1.85. The quantitative estimate of drug-likeness (QED) is 0.719. The van der Waals surface area contributed by atoms with Crippen LogP contribution in [0.1, 0.15) is 34.1 Å². The molecular weight excluding hydrogens is 330 g/mol. The molecule has 26 heavy (non-hydrogen) atoms. The maximum Gasteiger partial charge on any atom is 0.365 e. The number of hydrogen-bond acceptors (Lipinski definition) is 4. The van der Waals surface area contributed by atoms with E-state index in [1.54, 1.807) is 37.3 Å². The van der Waals surface area contributed by atoms with E-state index in [1.165, 1.54) is 6.21 Å². The van der Waals surface area contributed by atoms with Gasteiger partial charge >= 0.3 is 11.5 Å². The highest BCUT2D eigenvalue weighted by Crippen LogP contribution is 2.18. The fourth-order valence-electron chi connectivity index (χ4n) is 2.53. The molecule has 0 atom stereocenters. The number of rotatable bonds is 5. The van der Waals surface area contributed by atoms with E-state index in [1.807, 2.05) is 31.2 Å². The Kier molecular flexibility index (Phi) is 5.12. The molecule has 1 N–H and O–H groups in total. The van der Waals surface area contributed by atoms with Gasteiger partial charge in [-0.15, -0.1) is 0 Å². The van der Waals surface area contributed by atoms with Gasteiger partial charge in [0.05, 0.1) is 16.8 Å². The van der Waals surface area contributed by atoms with Crippen LogP contribution < -0.4 is 10.4 Å². The fraction of sp³-hybridized carbons (Fsp3) is 0.150. The highest BCUT2D eigenvalue weighted by atomic mass is 16.7. The van der Waals surface area contributed by atoms with Gasteiger partial charge in [-0.1, -0.05) is 48.2 Å². The molecule has 1 aromatic heterocycles. The van der Waals surface area contributed by atoms with Crippen molar-refractivity contribution < 1.29 is 9.63 Å². The summed E-state index contributed by atoms with van der Waals surface area (Å²) in [5, 5.41) is 2.75. The topological polar surface area (TPSA) is 76.5 Å². The molecule has 0 spiro atoms. The number of carbonyl (C=O) groups excluding carboxylic acids is 1. The van der Waals surface area contributed by atoms with Crippen LogP contribution in [-0.2, 0) is 6.42 Å². The highest BCUT2D eigenvalue weighted by molar-refractivity contribution is 5.89. The zero-order chi connectivity index (χ0) is 18.5. The van der Waals surface area contributed by atoms with Crippen molar-refractivity contribution in [3.8, 4) is 0 Å². The van der Waals surface area contributed by atoms with E-state index in [0.29, 0.717) is 16.8 Å². The zero-order valence-electron chi connectivity index (χ0n) is 14.6. The van der Waals surface area contributed by atoms with E-state index in [2.05, 4.69) is 10.1 Å². The first kappa shape index (κ1) is 17.4. The third-order valence-electron chi connectivity index (χ3n) is 3.98. The number of hydrogen-bond donors (Lipinski definition) is 1. The summed E-state index contributed by atoms with van der Waals surface area (Å²) >= 11 is 0. The van der Waals surface area contributed by atoms with Crippen molar-refractivity contribution in [3.05, 3.63) is 87.3 Å². The molecule has 3 rings (SSSR count). The molecule has 1 heterocycles. The minimum atomic E-state index is -0.617. The van der Waals surface area contributed by atoms with Gasteiger partial charge in [-0.05, 0) is 37.1 Å². The molecule has 0 saturated carbocycles. The van der Waals surface area contributed by atoms with Gasteiger partial charge in [0.25, 0.3) is 0 Å². The number of aryl methyl sites for hydroxylation is 2. The van der Waals surface area contributed by atoms with Crippen LogP contribution in [0.4, 0.5) is 5.69 Å². The summed E-state index contributed by atoms with van der Waals surface area (Å²) in [6.07, 6.45) is 2.34. The Hall–Kier alpha value is -3.41. The van der Waals surface area contributed by atoms with Gasteiger partial charge in [0.1, 0.15) is 0 Å². The third kappa shape index (κ3) is 3.64. The normalized spacial score (nSPS) is 11.0. The summed E-state index contributed by atoms with van der Waals surface area (Å²) in [4.78, 5) is 35.0. The van der Waals surface area contributed by atoms with Crippen LogP contribution >= 0.6 is 0 Å². The second-order valence-electron chi connectivity index (χ2n) is 5.74. The number of aromatic nitrogens is 2. The lowest BCUT2D eigenvalue weighted by molar-refractivity contribution is 0.0374. The maximum atomic E-state index is 12.5. The summed E-state index contributed by atoms with van der Waals surface area (Å²) < 4.78 is 0. The van der Waals surface area contributed by atoms with Gasteiger partial charge in [0.15, 0.2) is 0 Å². The number of aromatic amines is 1. The molecule has 3 aromatic rings. The van der Waals surface area contributed by atoms with Gasteiger partial charge in [0.2, 0.25) is 0 Å². The molecule has 0 amide bonds. The molecule has 6 nitrogen and oxygen atoms in total. The second-order valence-corrected chi connectivity index (χ2v) is 5.74. The molecular formula is C20H19N3O3. The number of carbonyl (C=O) groups is 1. The zero-order valence-corrected chi connectivity index (χ0v) is 14.6. The monoisotopic (exact) mass is 349 g/mol. The van der Waals surface area contributed by atoms with Gasteiger partial charge in [-0.3, -0.25) is 14.9 Å². The molecule has 2 aromatic carbocycles. The van der Waals surface area contributed by atoms with E-state index in [9.17, 15) is 9.59 Å². The number of para-hydroxylation sites is 1. The minimum absolute atomic E-state index is 0.344. The van der Waals surface area contributed by atoms with Crippen molar-refractivity contribution in [2.45, 2.75) is 20.3 Å². The SMILES string of the molecule is CCc1ccccc1N=Cc1c(C)[nH]n(OC(=O)c2ccccc2)c1=O. The first-order valence-corrected chi connectivity index (χ1v) is 8.31.